The van der Waals surface area contributed by atoms with Crippen molar-refractivity contribution in [1.82, 2.24) is 0 Å². The molecule has 1 saturated carbocycles. The van der Waals surface area contributed by atoms with E-state index in [2.05, 4.69) is 15.9 Å². The van der Waals surface area contributed by atoms with Gasteiger partial charge in [-0.25, -0.2) is 0 Å². The molecule has 0 aromatic heterocycles. The molecule has 0 N–H and O–H groups in total. The minimum atomic E-state index is -0.284. The molecule has 2 rings (SSSR count). The van der Waals surface area contributed by atoms with E-state index in [0.29, 0.717) is 10.7 Å². The molecule has 0 bridgehead atoms. The minimum absolute atomic E-state index is 0.258. The van der Waals surface area contributed by atoms with Crippen molar-refractivity contribution in [3.8, 4) is 0 Å². The molecular formula is C12H14BrNO2. The van der Waals surface area contributed by atoms with Crippen molar-refractivity contribution in [2.24, 2.45) is 5.92 Å². The number of para-hydroxylation sites is 1. The SMILES string of the molecule is O=[N+]([O-])c1ccccc1CC1CCCC1Br. The maximum atomic E-state index is 10.9. The molecule has 0 aliphatic heterocycles. The summed E-state index contributed by atoms with van der Waals surface area (Å²) in [4.78, 5) is 11.1. The molecule has 0 heterocycles. The highest BCUT2D eigenvalue weighted by molar-refractivity contribution is 9.09. The Kier molecular flexibility index (Phi) is 3.59. The Morgan fingerprint density at radius 2 is 2.12 bits per heavy atom. The van der Waals surface area contributed by atoms with Crippen LogP contribution in [0.25, 0.3) is 0 Å². The van der Waals surface area contributed by atoms with Gasteiger partial charge in [0, 0.05) is 16.5 Å². The zero-order valence-electron chi connectivity index (χ0n) is 8.93. The van der Waals surface area contributed by atoms with Crippen molar-refractivity contribution in [2.45, 2.75) is 30.5 Å². The standard InChI is InChI=1S/C12H14BrNO2/c13-11-6-3-5-9(11)8-10-4-1-2-7-12(10)14(15)16/h1-2,4,7,9,11H,3,5-6,8H2. The van der Waals surface area contributed by atoms with E-state index in [9.17, 15) is 10.1 Å². The van der Waals surface area contributed by atoms with Gasteiger partial charge in [-0.05, 0) is 25.2 Å². The predicted octanol–water partition coefficient (Wildman–Crippen LogP) is 3.70. The number of alkyl halides is 1. The molecule has 1 aromatic carbocycles. The van der Waals surface area contributed by atoms with Crippen LogP contribution < -0.4 is 0 Å². The second kappa shape index (κ2) is 4.95. The molecule has 1 aliphatic carbocycles. The zero-order chi connectivity index (χ0) is 11.5. The van der Waals surface area contributed by atoms with Gasteiger partial charge in [0.2, 0.25) is 0 Å². The molecule has 0 spiro atoms. The first-order valence-corrected chi connectivity index (χ1v) is 6.46. The lowest BCUT2D eigenvalue weighted by atomic mass is 9.97. The van der Waals surface area contributed by atoms with Crippen molar-refractivity contribution < 1.29 is 4.92 Å². The molecule has 4 heteroatoms. The molecule has 2 unspecified atom stereocenters. The van der Waals surface area contributed by atoms with Gasteiger partial charge in [0.15, 0.2) is 0 Å². The molecule has 86 valence electrons. The second-order valence-corrected chi connectivity index (χ2v) is 5.47. The monoisotopic (exact) mass is 283 g/mol. The van der Waals surface area contributed by atoms with Crippen LogP contribution in [0.3, 0.4) is 0 Å². The quantitative estimate of drug-likeness (QED) is 0.482. The van der Waals surface area contributed by atoms with E-state index in [1.54, 1.807) is 12.1 Å². The van der Waals surface area contributed by atoms with Gasteiger partial charge >= 0.3 is 0 Å². The van der Waals surface area contributed by atoms with Crippen LogP contribution in [0.4, 0.5) is 5.69 Å². The summed E-state index contributed by atoms with van der Waals surface area (Å²) in [5.41, 5.74) is 1.12. The van der Waals surface area contributed by atoms with Gasteiger partial charge < -0.3 is 0 Å². The third-order valence-electron chi connectivity index (χ3n) is 3.24. The smallest absolute Gasteiger partial charge is 0.258 e. The highest BCUT2D eigenvalue weighted by Crippen LogP contribution is 2.35. The van der Waals surface area contributed by atoms with E-state index in [4.69, 9.17) is 0 Å². The lowest BCUT2D eigenvalue weighted by Crippen LogP contribution is -2.10. The Bertz CT molecular complexity index is 394. The second-order valence-electron chi connectivity index (χ2n) is 4.30. The van der Waals surface area contributed by atoms with Gasteiger partial charge in [-0.3, -0.25) is 10.1 Å². The highest BCUT2D eigenvalue weighted by Gasteiger charge is 2.27. The molecule has 3 nitrogen and oxygen atoms in total. The average molecular weight is 284 g/mol. The molecular weight excluding hydrogens is 270 g/mol. The number of hydrogen-bond donors (Lipinski definition) is 0. The number of hydrogen-bond acceptors (Lipinski definition) is 2. The van der Waals surface area contributed by atoms with Crippen molar-refractivity contribution >= 4 is 21.6 Å². The molecule has 0 radical (unpaired) electrons. The first-order valence-electron chi connectivity index (χ1n) is 5.55. The Morgan fingerprint density at radius 1 is 1.38 bits per heavy atom. The van der Waals surface area contributed by atoms with E-state index in [0.717, 1.165) is 12.0 Å². The summed E-state index contributed by atoms with van der Waals surface area (Å²) in [5, 5.41) is 10.9. The lowest BCUT2D eigenvalue weighted by molar-refractivity contribution is -0.385. The van der Waals surface area contributed by atoms with Crippen LogP contribution in [0.1, 0.15) is 24.8 Å². The molecule has 16 heavy (non-hydrogen) atoms. The summed E-state index contributed by atoms with van der Waals surface area (Å²) in [6, 6.07) is 7.06. The van der Waals surface area contributed by atoms with Gasteiger partial charge in [0.05, 0.1) is 4.92 Å². The Morgan fingerprint density at radius 3 is 2.75 bits per heavy atom. The average Bonchev–Trinajstić information content (AvgIpc) is 2.65. The van der Waals surface area contributed by atoms with Crippen LogP contribution in [-0.4, -0.2) is 9.75 Å². The van der Waals surface area contributed by atoms with E-state index in [1.165, 1.54) is 19.3 Å². The number of rotatable bonds is 3. The summed E-state index contributed by atoms with van der Waals surface area (Å²) in [5.74, 6) is 0.543. The Labute approximate surface area is 103 Å². The third kappa shape index (κ3) is 2.43. The van der Waals surface area contributed by atoms with E-state index in [1.807, 2.05) is 12.1 Å². The molecule has 0 saturated heterocycles. The number of nitro groups is 1. The van der Waals surface area contributed by atoms with Crippen LogP contribution in [0.15, 0.2) is 24.3 Å². The van der Waals surface area contributed by atoms with Crippen molar-refractivity contribution in [2.75, 3.05) is 0 Å². The maximum Gasteiger partial charge on any atom is 0.272 e. The van der Waals surface area contributed by atoms with Gasteiger partial charge in [0.25, 0.3) is 5.69 Å². The van der Waals surface area contributed by atoms with Crippen LogP contribution >= 0.6 is 15.9 Å². The summed E-state index contributed by atoms with van der Waals surface area (Å²) in [6.45, 7) is 0. The lowest BCUT2D eigenvalue weighted by Gasteiger charge is -2.13. The summed E-state index contributed by atoms with van der Waals surface area (Å²) >= 11 is 3.65. The Hall–Kier alpha value is -0.900. The molecule has 1 aromatic rings. The minimum Gasteiger partial charge on any atom is -0.258 e. The fourth-order valence-electron chi connectivity index (χ4n) is 2.37. The summed E-state index contributed by atoms with van der Waals surface area (Å²) in [7, 11) is 0. The Balaban J connectivity index is 2.17. The normalized spacial score (nSPS) is 24.6. The summed E-state index contributed by atoms with van der Waals surface area (Å²) < 4.78 is 0. The molecule has 0 amide bonds. The highest BCUT2D eigenvalue weighted by atomic mass is 79.9. The van der Waals surface area contributed by atoms with Crippen LogP contribution in [-0.2, 0) is 6.42 Å². The number of benzene rings is 1. The van der Waals surface area contributed by atoms with E-state index < -0.39 is 0 Å². The van der Waals surface area contributed by atoms with Gasteiger partial charge in [-0.1, -0.05) is 40.5 Å². The van der Waals surface area contributed by atoms with Crippen LogP contribution in [0.2, 0.25) is 0 Å². The van der Waals surface area contributed by atoms with Crippen molar-refractivity contribution in [1.29, 1.82) is 0 Å². The molecule has 1 aliphatic rings. The fourth-order valence-corrected chi connectivity index (χ4v) is 3.14. The maximum absolute atomic E-state index is 10.9. The van der Waals surface area contributed by atoms with Crippen molar-refractivity contribution in [3.05, 3.63) is 39.9 Å². The van der Waals surface area contributed by atoms with Gasteiger partial charge in [-0.15, -0.1) is 0 Å². The third-order valence-corrected chi connectivity index (χ3v) is 4.44. The summed E-state index contributed by atoms with van der Waals surface area (Å²) in [6.07, 6.45) is 4.39. The van der Waals surface area contributed by atoms with Gasteiger partial charge in [-0.2, -0.15) is 0 Å². The number of nitrogens with zero attached hydrogens (tertiary/aromatic N) is 1. The zero-order valence-corrected chi connectivity index (χ0v) is 10.5. The number of halogens is 1. The molecule has 1 fully saturated rings. The van der Waals surface area contributed by atoms with E-state index in [-0.39, 0.29) is 10.6 Å². The largest absolute Gasteiger partial charge is 0.272 e. The van der Waals surface area contributed by atoms with Crippen molar-refractivity contribution in [3.63, 3.8) is 0 Å². The van der Waals surface area contributed by atoms with Gasteiger partial charge in [0.1, 0.15) is 0 Å². The van der Waals surface area contributed by atoms with E-state index >= 15 is 0 Å². The topological polar surface area (TPSA) is 43.1 Å². The van der Waals surface area contributed by atoms with Crippen LogP contribution in [0.5, 0.6) is 0 Å². The van der Waals surface area contributed by atoms with Crippen LogP contribution in [0, 0.1) is 16.0 Å². The predicted molar refractivity (Wildman–Crippen MR) is 66.9 cm³/mol. The molecule has 2 atom stereocenters. The number of nitro benzene ring substituents is 1. The fraction of sp³-hybridized carbons (Fsp3) is 0.500. The first-order chi connectivity index (χ1) is 7.68. The first kappa shape index (κ1) is 11.6.